The second-order valence-corrected chi connectivity index (χ2v) is 8.35. The Labute approximate surface area is 195 Å². The largest absolute Gasteiger partial charge is 0.492 e. The van der Waals surface area contributed by atoms with Crippen LogP contribution in [0.15, 0.2) is 54.6 Å². The molecule has 0 aliphatic carbocycles. The molecule has 8 nitrogen and oxygen atoms in total. The predicted octanol–water partition coefficient (Wildman–Crippen LogP) is 2.86. The monoisotopic (exact) mass is 454 g/mol. The maximum atomic E-state index is 12.8. The minimum atomic E-state index is -0.651. The standard InChI is InChI=1S/C25H34N4O4/c1-19(2)23(28-25(31)27-21-8-4-3-5-9-21)24(30)26-18-20-7-6-10-22(17-20)33-16-13-29-11-14-32-15-12-29/h3-10,17,19,23H,11-16,18H2,1-2H3,(H,26,30)(H2,27,28,31). The molecular formula is C25H34N4O4. The highest BCUT2D eigenvalue weighted by molar-refractivity contribution is 5.93. The predicted molar refractivity (Wildman–Crippen MR) is 128 cm³/mol. The molecule has 2 aromatic carbocycles. The molecule has 2 aromatic rings. The van der Waals surface area contributed by atoms with Gasteiger partial charge in [0.05, 0.1) is 13.2 Å². The molecule has 1 aliphatic rings. The van der Waals surface area contributed by atoms with Crippen LogP contribution in [-0.2, 0) is 16.1 Å². The van der Waals surface area contributed by atoms with E-state index < -0.39 is 12.1 Å². The van der Waals surface area contributed by atoms with E-state index in [2.05, 4.69) is 20.9 Å². The zero-order valence-corrected chi connectivity index (χ0v) is 19.4. The molecule has 0 saturated carbocycles. The van der Waals surface area contributed by atoms with Gasteiger partial charge in [0, 0.05) is 31.9 Å². The first-order valence-electron chi connectivity index (χ1n) is 11.4. The van der Waals surface area contributed by atoms with E-state index in [1.54, 1.807) is 12.1 Å². The van der Waals surface area contributed by atoms with E-state index >= 15 is 0 Å². The van der Waals surface area contributed by atoms with Crippen molar-refractivity contribution in [3.8, 4) is 5.75 Å². The van der Waals surface area contributed by atoms with Crippen LogP contribution < -0.4 is 20.7 Å². The average Bonchev–Trinajstić information content (AvgIpc) is 2.82. The Morgan fingerprint density at radius 3 is 2.55 bits per heavy atom. The molecule has 0 bridgehead atoms. The molecule has 3 amide bonds. The van der Waals surface area contributed by atoms with Gasteiger partial charge in [0.25, 0.3) is 0 Å². The molecule has 1 saturated heterocycles. The molecule has 1 heterocycles. The van der Waals surface area contributed by atoms with Crippen LogP contribution in [0.3, 0.4) is 0 Å². The van der Waals surface area contributed by atoms with Crippen LogP contribution in [0.5, 0.6) is 5.75 Å². The van der Waals surface area contributed by atoms with Gasteiger partial charge in [-0.05, 0) is 35.7 Å². The van der Waals surface area contributed by atoms with E-state index in [1.165, 1.54) is 0 Å². The molecule has 3 rings (SSSR count). The minimum absolute atomic E-state index is 0.0682. The molecular weight excluding hydrogens is 420 g/mol. The molecule has 178 valence electrons. The fourth-order valence-electron chi connectivity index (χ4n) is 3.53. The summed E-state index contributed by atoms with van der Waals surface area (Å²) in [6.45, 7) is 9.03. The molecule has 33 heavy (non-hydrogen) atoms. The number of ether oxygens (including phenoxy) is 2. The number of nitrogens with one attached hydrogen (secondary N) is 3. The van der Waals surface area contributed by atoms with Crippen molar-refractivity contribution in [3.05, 3.63) is 60.2 Å². The van der Waals surface area contributed by atoms with Gasteiger partial charge in [-0.3, -0.25) is 9.69 Å². The average molecular weight is 455 g/mol. The molecule has 0 radical (unpaired) electrons. The minimum Gasteiger partial charge on any atom is -0.492 e. The Morgan fingerprint density at radius 2 is 1.82 bits per heavy atom. The van der Waals surface area contributed by atoms with E-state index in [9.17, 15) is 9.59 Å². The van der Waals surface area contributed by atoms with Crippen LogP contribution in [-0.4, -0.2) is 62.3 Å². The number of morpholine rings is 1. The number of hydrogen-bond donors (Lipinski definition) is 3. The van der Waals surface area contributed by atoms with Crippen molar-refractivity contribution < 1.29 is 19.1 Å². The second-order valence-electron chi connectivity index (χ2n) is 8.35. The quantitative estimate of drug-likeness (QED) is 0.514. The van der Waals surface area contributed by atoms with Gasteiger partial charge in [-0.15, -0.1) is 0 Å². The molecule has 8 heteroatoms. The first-order chi connectivity index (χ1) is 16.0. The van der Waals surface area contributed by atoms with Crippen molar-refractivity contribution >= 4 is 17.6 Å². The number of benzene rings is 2. The van der Waals surface area contributed by atoms with Crippen LogP contribution >= 0.6 is 0 Å². The first kappa shape index (κ1) is 24.5. The van der Waals surface area contributed by atoms with Crippen molar-refractivity contribution in [1.29, 1.82) is 0 Å². The zero-order chi connectivity index (χ0) is 23.5. The number of hydrogen-bond acceptors (Lipinski definition) is 5. The van der Waals surface area contributed by atoms with Crippen LogP contribution in [0.25, 0.3) is 0 Å². The first-order valence-corrected chi connectivity index (χ1v) is 11.4. The fraction of sp³-hybridized carbons (Fsp3) is 0.440. The van der Waals surface area contributed by atoms with Gasteiger partial charge < -0.3 is 25.4 Å². The summed E-state index contributed by atoms with van der Waals surface area (Å²) in [6, 6.07) is 15.8. The summed E-state index contributed by atoms with van der Waals surface area (Å²) < 4.78 is 11.3. The summed E-state index contributed by atoms with van der Waals surface area (Å²) in [4.78, 5) is 27.4. The summed E-state index contributed by atoms with van der Waals surface area (Å²) in [5.41, 5.74) is 1.60. The maximum absolute atomic E-state index is 12.8. The van der Waals surface area contributed by atoms with Crippen molar-refractivity contribution in [1.82, 2.24) is 15.5 Å². The third kappa shape index (κ3) is 8.40. The van der Waals surface area contributed by atoms with Gasteiger partial charge in [-0.2, -0.15) is 0 Å². The molecule has 0 spiro atoms. The fourth-order valence-corrected chi connectivity index (χ4v) is 3.53. The lowest BCUT2D eigenvalue weighted by atomic mass is 10.0. The lowest BCUT2D eigenvalue weighted by Crippen LogP contribution is -2.50. The van der Waals surface area contributed by atoms with Gasteiger partial charge >= 0.3 is 6.03 Å². The van der Waals surface area contributed by atoms with Crippen LogP contribution in [0.2, 0.25) is 0 Å². The summed E-state index contributed by atoms with van der Waals surface area (Å²) in [7, 11) is 0. The highest BCUT2D eigenvalue weighted by Crippen LogP contribution is 2.14. The van der Waals surface area contributed by atoms with Crippen molar-refractivity contribution in [2.45, 2.75) is 26.4 Å². The Kier molecular flexibility index (Phi) is 9.53. The molecule has 1 unspecified atom stereocenters. The summed E-state index contributed by atoms with van der Waals surface area (Å²) in [6.07, 6.45) is 0. The Morgan fingerprint density at radius 1 is 1.06 bits per heavy atom. The highest BCUT2D eigenvalue weighted by Gasteiger charge is 2.24. The van der Waals surface area contributed by atoms with Gasteiger partial charge in [-0.1, -0.05) is 44.2 Å². The van der Waals surface area contributed by atoms with Gasteiger partial charge in [-0.25, -0.2) is 4.79 Å². The van der Waals surface area contributed by atoms with E-state index in [0.717, 1.165) is 44.2 Å². The van der Waals surface area contributed by atoms with Gasteiger partial charge in [0.2, 0.25) is 5.91 Å². The van der Waals surface area contributed by atoms with Crippen LogP contribution in [0, 0.1) is 5.92 Å². The Balaban J connectivity index is 1.46. The normalized spacial score (nSPS) is 15.0. The number of anilines is 1. The lowest BCUT2D eigenvalue weighted by Gasteiger charge is -2.26. The lowest BCUT2D eigenvalue weighted by molar-refractivity contribution is -0.124. The molecule has 0 aromatic heterocycles. The van der Waals surface area contributed by atoms with Gasteiger partial charge in [0.1, 0.15) is 18.4 Å². The molecule has 1 fully saturated rings. The number of amides is 3. The van der Waals surface area contributed by atoms with Crippen molar-refractivity contribution in [3.63, 3.8) is 0 Å². The number of carbonyl (C=O) groups is 2. The summed E-state index contributed by atoms with van der Waals surface area (Å²) >= 11 is 0. The van der Waals surface area contributed by atoms with Crippen molar-refractivity contribution in [2.24, 2.45) is 5.92 Å². The molecule has 3 N–H and O–H groups in total. The summed E-state index contributed by atoms with van der Waals surface area (Å²) in [5, 5.41) is 8.45. The molecule has 1 aliphatic heterocycles. The number of para-hydroxylation sites is 1. The smallest absolute Gasteiger partial charge is 0.319 e. The molecule has 1 atom stereocenters. The van der Waals surface area contributed by atoms with Crippen LogP contribution in [0.1, 0.15) is 19.4 Å². The van der Waals surface area contributed by atoms with Crippen LogP contribution in [0.4, 0.5) is 10.5 Å². The van der Waals surface area contributed by atoms with Crippen molar-refractivity contribution in [2.75, 3.05) is 44.8 Å². The number of nitrogens with zero attached hydrogens (tertiary/aromatic N) is 1. The number of urea groups is 1. The van der Waals surface area contributed by atoms with E-state index in [0.29, 0.717) is 18.8 Å². The SMILES string of the molecule is CC(C)C(NC(=O)Nc1ccccc1)C(=O)NCc1cccc(OCCN2CCOCC2)c1. The second kappa shape index (κ2) is 12.8. The number of carbonyl (C=O) groups excluding carboxylic acids is 2. The van der Waals surface area contributed by atoms with Gasteiger partial charge in [0.15, 0.2) is 0 Å². The third-order valence-electron chi connectivity index (χ3n) is 5.41. The topological polar surface area (TPSA) is 91.9 Å². The Hall–Kier alpha value is -3.10. The highest BCUT2D eigenvalue weighted by atomic mass is 16.5. The zero-order valence-electron chi connectivity index (χ0n) is 19.4. The summed E-state index contributed by atoms with van der Waals surface area (Å²) in [5.74, 6) is 0.476. The van der Waals surface area contributed by atoms with E-state index in [4.69, 9.17) is 9.47 Å². The van der Waals surface area contributed by atoms with E-state index in [1.807, 2.05) is 56.3 Å². The maximum Gasteiger partial charge on any atom is 0.319 e. The van der Waals surface area contributed by atoms with E-state index in [-0.39, 0.29) is 11.8 Å². The Bertz CT molecular complexity index is 885. The third-order valence-corrected chi connectivity index (χ3v) is 5.41. The number of rotatable bonds is 10.